The minimum atomic E-state index is -0.165. The van der Waals surface area contributed by atoms with Crippen LogP contribution in [0, 0.1) is 11.3 Å². The first-order valence-electron chi connectivity index (χ1n) is 8.67. The lowest BCUT2D eigenvalue weighted by Crippen LogP contribution is -2.48. The molecule has 0 bridgehead atoms. The molecule has 0 unspecified atom stereocenters. The number of nitrogens with one attached hydrogen (secondary N) is 1. The molecule has 3 aromatic rings. The lowest BCUT2D eigenvalue weighted by molar-refractivity contribution is 0.362. The average Bonchev–Trinajstić information content (AvgIpc) is 3.07. The molecule has 0 amide bonds. The highest BCUT2D eigenvalue weighted by Crippen LogP contribution is 2.38. The molecule has 8 heteroatoms. The van der Waals surface area contributed by atoms with E-state index in [9.17, 15) is 5.26 Å². The van der Waals surface area contributed by atoms with Gasteiger partial charge in [0.1, 0.15) is 11.7 Å². The number of aromatic amines is 1. The molecule has 2 aromatic heterocycles. The molecule has 6 nitrogen and oxygen atoms in total. The molecule has 0 saturated carbocycles. The van der Waals surface area contributed by atoms with Crippen LogP contribution in [-0.4, -0.2) is 33.6 Å². The maximum Gasteiger partial charge on any atom is 0.228 e. The SMILES string of the molecule is CC1(N)CCN(c2nc(C#N)c3c(-c4cccc(Cl)c4Cl)c[nH]c3n2)CC1. The maximum absolute atomic E-state index is 9.70. The Bertz CT molecular complexity index is 1060. The van der Waals surface area contributed by atoms with Crippen molar-refractivity contribution in [3.8, 4) is 17.2 Å². The summed E-state index contributed by atoms with van der Waals surface area (Å²) in [6.07, 6.45) is 3.49. The molecular formula is C19H18Cl2N6. The van der Waals surface area contributed by atoms with Crippen LogP contribution >= 0.6 is 23.2 Å². The Hall–Kier alpha value is -2.33. The van der Waals surface area contributed by atoms with Gasteiger partial charge in [-0.3, -0.25) is 0 Å². The van der Waals surface area contributed by atoms with Gasteiger partial charge in [0.25, 0.3) is 0 Å². The largest absolute Gasteiger partial charge is 0.345 e. The van der Waals surface area contributed by atoms with Crippen LogP contribution in [0.3, 0.4) is 0 Å². The summed E-state index contributed by atoms with van der Waals surface area (Å²) < 4.78 is 0. The Kier molecular flexibility index (Phi) is 4.47. The van der Waals surface area contributed by atoms with Gasteiger partial charge < -0.3 is 15.6 Å². The Labute approximate surface area is 166 Å². The van der Waals surface area contributed by atoms with Gasteiger partial charge in [0, 0.05) is 36.0 Å². The molecule has 0 atom stereocenters. The van der Waals surface area contributed by atoms with E-state index in [1.165, 1.54) is 0 Å². The van der Waals surface area contributed by atoms with Gasteiger partial charge in [-0.25, -0.2) is 4.98 Å². The van der Waals surface area contributed by atoms with Crippen molar-refractivity contribution in [1.29, 1.82) is 5.26 Å². The van der Waals surface area contributed by atoms with E-state index in [0.29, 0.717) is 32.7 Å². The van der Waals surface area contributed by atoms with Crippen molar-refractivity contribution in [3.63, 3.8) is 0 Å². The number of piperidine rings is 1. The second-order valence-electron chi connectivity index (χ2n) is 7.15. The second-order valence-corrected chi connectivity index (χ2v) is 7.94. The smallest absolute Gasteiger partial charge is 0.228 e. The maximum atomic E-state index is 9.70. The molecule has 0 spiro atoms. The number of nitrogens with two attached hydrogens (primary N) is 1. The quantitative estimate of drug-likeness (QED) is 0.674. The van der Waals surface area contributed by atoms with Crippen LogP contribution in [0.15, 0.2) is 24.4 Å². The number of nitriles is 1. The predicted molar refractivity (Wildman–Crippen MR) is 108 cm³/mol. The Morgan fingerprint density at radius 2 is 1.96 bits per heavy atom. The van der Waals surface area contributed by atoms with Crippen molar-refractivity contribution >= 4 is 40.2 Å². The average molecular weight is 401 g/mol. The first kappa shape index (κ1) is 18.1. The van der Waals surface area contributed by atoms with Crippen molar-refractivity contribution in [2.45, 2.75) is 25.3 Å². The highest BCUT2D eigenvalue weighted by Gasteiger charge is 2.28. The minimum Gasteiger partial charge on any atom is -0.345 e. The Morgan fingerprint density at radius 1 is 1.22 bits per heavy atom. The second kappa shape index (κ2) is 6.68. The van der Waals surface area contributed by atoms with Crippen LogP contribution in [0.25, 0.3) is 22.2 Å². The van der Waals surface area contributed by atoms with Gasteiger partial charge in [-0.15, -0.1) is 0 Å². The zero-order valence-electron chi connectivity index (χ0n) is 14.8. The molecule has 1 fully saturated rings. The summed E-state index contributed by atoms with van der Waals surface area (Å²) in [5.41, 5.74) is 8.45. The number of rotatable bonds is 2. The highest BCUT2D eigenvalue weighted by atomic mass is 35.5. The summed E-state index contributed by atoms with van der Waals surface area (Å²) in [6.45, 7) is 3.58. The molecule has 3 heterocycles. The van der Waals surface area contributed by atoms with Crippen molar-refractivity contribution in [3.05, 3.63) is 40.1 Å². The molecule has 1 aliphatic rings. The normalized spacial score (nSPS) is 16.5. The first-order chi connectivity index (χ1) is 12.9. The third-order valence-corrected chi connectivity index (χ3v) is 5.87. The van der Waals surface area contributed by atoms with E-state index in [1.54, 1.807) is 12.3 Å². The summed E-state index contributed by atoms with van der Waals surface area (Å²) in [7, 11) is 0. The van der Waals surface area contributed by atoms with E-state index >= 15 is 0 Å². The number of H-pyrrole nitrogens is 1. The monoisotopic (exact) mass is 400 g/mol. The number of nitrogens with zero attached hydrogens (tertiary/aromatic N) is 4. The van der Waals surface area contributed by atoms with Crippen molar-refractivity contribution < 1.29 is 0 Å². The van der Waals surface area contributed by atoms with E-state index in [-0.39, 0.29) is 5.54 Å². The number of aromatic nitrogens is 3. The Morgan fingerprint density at radius 3 is 2.67 bits per heavy atom. The van der Waals surface area contributed by atoms with Crippen LogP contribution in [0.4, 0.5) is 5.95 Å². The third kappa shape index (κ3) is 3.23. The van der Waals surface area contributed by atoms with Gasteiger partial charge in [0.05, 0.1) is 15.4 Å². The summed E-state index contributed by atoms with van der Waals surface area (Å²) in [6, 6.07) is 7.60. The molecule has 1 aliphatic heterocycles. The fourth-order valence-electron chi connectivity index (χ4n) is 3.39. The number of anilines is 1. The van der Waals surface area contributed by atoms with Gasteiger partial charge in [-0.1, -0.05) is 35.3 Å². The van der Waals surface area contributed by atoms with Crippen molar-refractivity contribution in [2.75, 3.05) is 18.0 Å². The summed E-state index contributed by atoms with van der Waals surface area (Å²) in [5.74, 6) is 0.542. The number of benzene rings is 1. The van der Waals surface area contributed by atoms with E-state index < -0.39 is 0 Å². The van der Waals surface area contributed by atoms with Gasteiger partial charge >= 0.3 is 0 Å². The first-order valence-corrected chi connectivity index (χ1v) is 9.43. The molecule has 3 N–H and O–H groups in total. The van der Waals surface area contributed by atoms with E-state index in [4.69, 9.17) is 28.9 Å². The number of hydrogen-bond acceptors (Lipinski definition) is 5. The number of fused-ring (bicyclic) bond motifs is 1. The van der Waals surface area contributed by atoms with Crippen molar-refractivity contribution in [1.82, 2.24) is 15.0 Å². The van der Waals surface area contributed by atoms with Gasteiger partial charge in [0.2, 0.25) is 5.95 Å². The third-order valence-electron chi connectivity index (χ3n) is 5.06. The molecule has 4 rings (SSSR count). The lowest BCUT2D eigenvalue weighted by Gasteiger charge is -2.36. The minimum absolute atomic E-state index is 0.165. The number of hydrogen-bond donors (Lipinski definition) is 2. The molecule has 0 radical (unpaired) electrons. The summed E-state index contributed by atoms with van der Waals surface area (Å²) in [4.78, 5) is 14.4. The lowest BCUT2D eigenvalue weighted by atomic mass is 9.91. The topological polar surface area (TPSA) is 94.6 Å². The van der Waals surface area contributed by atoms with Crippen LogP contribution in [0.2, 0.25) is 10.0 Å². The Balaban J connectivity index is 1.81. The van der Waals surface area contributed by atoms with E-state index in [0.717, 1.165) is 37.1 Å². The molecule has 138 valence electrons. The number of halogens is 2. The van der Waals surface area contributed by atoms with E-state index in [1.807, 2.05) is 12.1 Å². The molecule has 27 heavy (non-hydrogen) atoms. The zero-order chi connectivity index (χ0) is 19.2. The van der Waals surface area contributed by atoms with Crippen LogP contribution in [0.5, 0.6) is 0 Å². The summed E-state index contributed by atoms with van der Waals surface area (Å²) >= 11 is 12.5. The zero-order valence-corrected chi connectivity index (χ0v) is 16.3. The highest BCUT2D eigenvalue weighted by molar-refractivity contribution is 6.44. The molecular weight excluding hydrogens is 383 g/mol. The molecule has 1 aromatic carbocycles. The van der Waals surface area contributed by atoms with Crippen LogP contribution in [-0.2, 0) is 0 Å². The van der Waals surface area contributed by atoms with Gasteiger partial charge in [0.15, 0.2) is 5.69 Å². The van der Waals surface area contributed by atoms with Gasteiger partial charge in [-0.05, 0) is 25.8 Å². The predicted octanol–water partition coefficient (Wildman–Crippen LogP) is 4.12. The fraction of sp³-hybridized carbons (Fsp3) is 0.316. The van der Waals surface area contributed by atoms with E-state index in [2.05, 4.69) is 32.8 Å². The van der Waals surface area contributed by atoms with Crippen molar-refractivity contribution in [2.24, 2.45) is 5.73 Å². The molecule has 1 saturated heterocycles. The van der Waals surface area contributed by atoms with Crippen LogP contribution in [0.1, 0.15) is 25.5 Å². The standard InChI is InChI=1S/C19H18Cl2N6/c1-19(23)5-7-27(8-6-19)18-25-14(9-22)15-12(10-24-17(15)26-18)11-3-2-4-13(20)16(11)21/h2-4,10H,5-8,23H2,1H3,(H,24,25,26). The summed E-state index contributed by atoms with van der Waals surface area (Å²) in [5, 5.41) is 11.2. The molecule has 0 aliphatic carbocycles. The fourth-order valence-corrected chi connectivity index (χ4v) is 3.79. The van der Waals surface area contributed by atoms with Crippen LogP contribution < -0.4 is 10.6 Å². The van der Waals surface area contributed by atoms with Gasteiger partial charge in [-0.2, -0.15) is 10.2 Å².